The Morgan fingerprint density at radius 1 is 1.27 bits per heavy atom. The number of hydrogen-bond acceptors (Lipinski definition) is 7. The van der Waals surface area contributed by atoms with E-state index in [1.807, 2.05) is 35.7 Å². The van der Waals surface area contributed by atoms with Crippen LogP contribution in [-0.2, 0) is 0 Å². The number of fused-ring (bicyclic) bond motifs is 2. The number of aromatic nitrogens is 2. The molecule has 0 aliphatic carbocycles. The number of thiophene rings is 1. The second-order valence-corrected chi connectivity index (χ2v) is 6.78. The molecule has 2 aliphatic heterocycles. The summed E-state index contributed by atoms with van der Waals surface area (Å²) in [5.41, 5.74) is 8.81. The number of aromatic amines is 1. The van der Waals surface area contributed by atoms with Crippen LogP contribution in [0.4, 0.5) is 0 Å². The van der Waals surface area contributed by atoms with Crippen LogP contribution in [0.2, 0.25) is 0 Å². The van der Waals surface area contributed by atoms with Gasteiger partial charge in [-0.05, 0) is 29.1 Å². The van der Waals surface area contributed by atoms with Gasteiger partial charge in [0.1, 0.15) is 11.6 Å². The Morgan fingerprint density at radius 3 is 2.96 bits per heavy atom. The lowest BCUT2D eigenvalue weighted by atomic mass is 9.83. The highest BCUT2D eigenvalue weighted by Gasteiger charge is 2.36. The molecule has 26 heavy (non-hydrogen) atoms. The molecule has 3 N–H and O–H groups in total. The number of nitrogens with one attached hydrogen (secondary N) is 1. The summed E-state index contributed by atoms with van der Waals surface area (Å²) in [5.74, 6) is 1.36. The second-order valence-electron chi connectivity index (χ2n) is 5.83. The van der Waals surface area contributed by atoms with Gasteiger partial charge < -0.3 is 19.9 Å². The summed E-state index contributed by atoms with van der Waals surface area (Å²) in [6.07, 6.45) is 0. The second kappa shape index (κ2) is 5.54. The minimum absolute atomic E-state index is 0.0619. The van der Waals surface area contributed by atoms with Gasteiger partial charge in [-0.3, -0.25) is 5.10 Å². The van der Waals surface area contributed by atoms with Crippen LogP contribution in [0.5, 0.6) is 17.4 Å². The van der Waals surface area contributed by atoms with Crippen molar-refractivity contribution in [3.8, 4) is 34.0 Å². The van der Waals surface area contributed by atoms with Crippen LogP contribution in [-0.4, -0.2) is 17.0 Å². The van der Waals surface area contributed by atoms with Gasteiger partial charge in [-0.25, -0.2) is 0 Å². The topological polar surface area (TPSA) is 106 Å². The molecule has 8 heteroatoms. The van der Waals surface area contributed by atoms with Gasteiger partial charge >= 0.3 is 0 Å². The molecule has 0 saturated heterocycles. The van der Waals surface area contributed by atoms with Gasteiger partial charge in [0.05, 0.1) is 22.1 Å². The van der Waals surface area contributed by atoms with E-state index in [0.29, 0.717) is 23.0 Å². The predicted octanol–water partition coefficient (Wildman–Crippen LogP) is 3.09. The third-order valence-corrected chi connectivity index (χ3v) is 5.32. The minimum Gasteiger partial charge on any atom is -0.454 e. The average molecular weight is 364 g/mol. The number of nitriles is 1. The van der Waals surface area contributed by atoms with Crippen molar-refractivity contribution >= 4 is 11.3 Å². The van der Waals surface area contributed by atoms with E-state index < -0.39 is 5.92 Å². The SMILES string of the molecule is N#CC1=C(N)Oc2n[nH]c(-c3cccs3)c2[C@@H]1c1ccc2c(c1)OCO2. The Kier molecular flexibility index (Phi) is 3.17. The van der Waals surface area contributed by atoms with E-state index in [1.165, 1.54) is 0 Å². The molecule has 2 aliphatic rings. The lowest BCUT2D eigenvalue weighted by Gasteiger charge is -2.24. The zero-order valence-electron chi connectivity index (χ0n) is 13.4. The normalized spacial score (nSPS) is 17.6. The highest BCUT2D eigenvalue weighted by Crippen LogP contribution is 2.47. The lowest BCUT2D eigenvalue weighted by Crippen LogP contribution is -2.20. The minimum atomic E-state index is -0.408. The largest absolute Gasteiger partial charge is 0.454 e. The van der Waals surface area contributed by atoms with Gasteiger partial charge in [-0.2, -0.15) is 5.26 Å². The molecule has 3 aromatic rings. The Morgan fingerprint density at radius 2 is 2.15 bits per heavy atom. The molecule has 2 aromatic heterocycles. The zero-order valence-corrected chi connectivity index (χ0v) is 14.2. The van der Waals surface area contributed by atoms with E-state index in [0.717, 1.165) is 21.7 Å². The predicted molar refractivity (Wildman–Crippen MR) is 93.8 cm³/mol. The summed E-state index contributed by atoms with van der Waals surface area (Å²) in [6, 6.07) is 11.8. The molecular weight excluding hydrogens is 352 g/mol. The van der Waals surface area contributed by atoms with Gasteiger partial charge in [-0.15, -0.1) is 16.4 Å². The summed E-state index contributed by atoms with van der Waals surface area (Å²) in [7, 11) is 0. The number of benzene rings is 1. The molecule has 128 valence electrons. The molecule has 4 heterocycles. The first-order chi connectivity index (χ1) is 12.8. The third-order valence-electron chi connectivity index (χ3n) is 4.44. The van der Waals surface area contributed by atoms with Crippen molar-refractivity contribution in [3.63, 3.8) is 0 Å². The summed E-state index contributed by atoms with van der Waals surface area (Å²) < 4.78 is 16.5. The van der Waals surface area contributed by atoms with E-state index in [4.69, 9.17) is 19.9 Å². The van der Waals surface area contributed by atoms with Crippen molar-refractivity contribution in [1.82, 2.24) is 10.2 Å². The Labute approximate surface area is 152 Å². The smallest absolute Gasteiger partial charge is 0.244 e. The summed E-state index contributed by atoms with van der Waals surface area (Å²) >= 11 is 1.58. The lowest BCUT2D eigenvalue weighted by molar-refractivity contribution is 0.174. The maximum Gasteiger partial charge on any atom is 0.244 e. The van der Waals surface area contributed by atoms with Crippen molar-refractivity contribution in [2.75, 3.05) is 6.79 Å². The van der Waals surface area contributed by atoms with Crippen LogP contribution in [0.25, 0.3) is 10.6 Å². The summed E-state index contributed by atoms with van der Waals surface area (Å²) in [4.78, 5) is 1.01. The molecule has 7 nitrogen and oxygen atoms in total. The zero-order chi connectivity index (χ0) is 17.7. The third kappa shape index (κ3) is 2.08. The Hall–Kier alpha value is -3.44. The number of hydrogen-bond donors (Lipinski definition) is 2. The van der Waals surface area contributed by atoms with Crippen molar-refractivity contribution in [2.24, 2.45) is 5.73 Å². The first-order valence-electron chi connectivity index (χ1n) is 7.85. The molecule has 0 radical (unpaired) electrons. The first kappa shape index (κ1) is 14.9. The fourth-order valence-electron chi connectivity index (χ4n) is 3.28. The van der Waals surface area contributed by atoms with E-state index >= 15 is 0 Å². The van der Waals surface area contributed by atoms with Crippen LogP contribution in [0.1, 0.15) is 17.0 Å². The van der Waals surface area contributed by atoms with Crippen LogP contribution in [0.3, 0.4) is 0 Å². The maximum atomic E-state index is 9.72. The molecule has 1 aromatic carbocycles. The van der Waals surface area contributed by atoms with Crippen LogP contribution in [0, 0.1) is 11.3 Å². The number of ether oxygens (including phenoxy) is 3. The van der Waals surface area contributed by atoms with Gasteiger partial charge in [0, 0.05) is 0 Å². The fourth-order valence-corrected chi connectivity index (χ4v) is 4.01. The molecule has 0 unspecified atom stereocenters. The Balaban J connectivity index is 1.73. The quantitative estimate of drug-likeness (QED) is 0.724. The van der Waals surface area contributed by atoms with Crippen molar-refractivity contribution in [3.05, 3.63) is 58.3 Å². The van der Waals surface area contributed by atoms with Crippen LogP contribution < -0.4 is 19.9 Å². The van der Waals surface area contributed by atoms with Crippen LogP contribution in [0.15, 0.2) is 47.2 Å². The number of rotatable bonds is 2. The summed E-state index contributed by atoms with van der Waals surface area (Å²) in [6.45, 7) is 0.188. The van der Waals surface area contributed by atoms with Crippen molar-refractivity contribution in [2.45, 2.75) is 5.92 Å². The van der Waals surface area contributed by atoms with E-state index in [-0.39, 0.29) is 12.7 Å². The molecule has 1 atom stereocenters. The molecule has 0 fully saturated rings. The molecule has 5 rings (SSSR count). The van der Waals surface area contributed by atoms with Crippen molar-refractivity contribution < 1.29 is 14.2 Å². The van der Waals surface area contributed by atoms with Gasteiger partial charge in [0.15, 0.2) is 11.5 Å². The van der Waals surface area contributed by atoms with E-state index in [1.54, 1.807) is 11.3 Å². The summed E-state index contributed by atoms with van der Waals surface area (Å²) in [5, 5.41) is 19.0. The number of nitrogens with zero attached hydrogens (tertiary/aromatic N) is 2. The van der Waals surface area contributed by atoms with Gasteiger partial charge in [0.25, 0.3) is 0 Å². The number of H-pyrrole nitrogens is 1. The highest BCUT2D eigenvalue weighted by atomic mass is 32.1. The number of nitrogens with two attached hydrogens (primary N) is 1. The average Bonchev–Trinajstić information content (AvgIpc) is 3.39. The van der Waals surface area contributed by atoms with E-state index in [9.17, 15) is 5.26 Å². The van der Waals surface area contributed by atoms with Gasteiger partial charge in [-0.1, -0.05) is 12.1 Å². The molecule has 0 saturated carbocycles. The van der Waals surface area contributed by atoms with Gasteiger partial charge in [0.2, 0.25) is 18.6 Å². The highest BCUT2D eigenvalue weighted by molar-refractivity contribution is 7.13. The monoisotopic (exact) mass is 364 g/mol. The maximum absolute atomic E-state index is 9.72. The first-order valence-corrected chi connectivity index (χ1v) is 8.73. The molecule has 0 spiro atoms. The van der Waals surface area contributed by atoms with E-state index in [2.05, 4.69) is 16.3 Å². The molecule has 0 bridgehead atoms. The standard InChI is InChI=1S/C18H12N4O3S/c19-7-10-14(9-3-4-11-12(6-9)24-8-23-11)15-16(13-2-1-5-26-13)21-22-18(15)25-17(10)20/h1-6,14H,8,20H2,(H,21,22)/t14-/m1/s1. The number of allylic oxidation sites excluding steroid dienone is 1. The van der Waals surface area contributed by atoms with Crippen LogP contribution >= 0.6 is 11.3 Å². The van der Waals surface area contributed by atoms with Crippen molar-refractivity contribution in [1.29, 1.82) is 5.26 Å². The fraction of sp³-hybridized carbons (Fsp3) is 0.111. The Bertz CT molecular complexity index is 1080. The molecular formula is C18H12N4O3S. The molecule has 0 amide bonds.